The standard InChI is InChI=1S/C22H33F2N5O2/c1-7-25-22(27-14(3)11-18-15(4)28-29(6)16(18)5)26-13-17-9-10-19(31-21(23)24)20(12-17)30-8-2/h9-10,12,14,21H,7-8,11,13H2,1-6H3,(H2,25,26,27). The summed E-state index contributed by atoms with van der Waals surface area (Å²) in [6.45, 7) is 8.50. The van der Waals surface area contributed by atoms with E-state index in [9.17, 15) is 8.78 Å². The largest absolute Gasteiger partial charge is 0.490 e. The summed E-state index contributed by atoms with van der Waals surface area (Å²) in [5.74, 6) is 0.981. The zero-order chi connectivity index (χ0) is 23.0. The summed E-state index contributed by atoms with van der Waals surface area (Å²) in [6, 6.07) is 5.01. The number of rotatable bonds is 10. The van der Waals surface area contributed by atoms with Crippen molar-refractivity contribution in [2.24, 2.45) is 12.0 Å². The van der Waals surface area contributed by atoms with Gasteiger partial charge in [-0.05, 0) is 64.3 Å². The molecule has 1 unspecified atom stereocenters. The maximum absolute atomic E-state index is 12.6. The topological polar surface area (TPSA) is 72.7 Å². The zero-order valence-corrected chi connectivity index (χ0v) is 19.1. The Bertz CT molecular complexity index is 883. The van der Waals surface area contributed by atoms with Crippen molar-refractivity contribution in [3.63, 3.8) is 0 Å². The molecule has 9 heteroatoms. The first-order valence-electron chi connectivity index (χ1n) is 10.5. The van der Waals surface area contributed by atoms with Gasteiger partial charge in [0.05, 0.1) is 18.8 Å². The molecule has 172 valence electrons. The highest BCUT2D eigenvalue weighted by atomic mass is 19.3. The molecule has 0 aliphatic heterocycles. The fraction of sp³-hybridized carbons (Fsp3) is 0.545. The van der Waals surface area contributed by atoms with Crippen LogP contribution in [0.25, 0.3) is 0 Å². The summed E-state index contributed by atoms with van der Waals surface area (Å²) in [5, 5.41) is 11.1. The van der Waals surface area contributed by atoms with Crippen molar-refractivity contribution in [1.82, 2.24) is 20.4 Å². The highest BCUT2D eigenvalue weighted by molar-refractivity contribution is 5.80. The molecule has 0 saturated carbocycles. The molecule has 0 aliphatic rings. The Hall–Kier alpha value is -2.84. The van der Waals surface area contributed by atoms with Gasteiger partial charge in [-0.2, -0.15) is 13.9 Å². The van der Waals surface area contributed by atoms with E-state index in [0.29, 0.717) is 19.1 Å². The van der Waals surface area contributed by atoms with Crippen LogP contribution in [0.2, 0.25) is 0 Å². The SMILES string of the molecule is CCNC(=NCc1ccc(OC(F)F)c(OCC)c1)NC(C)Cc1c(C)nn(C)c1C. The van der Waals surface area contributed by atoms with E-state index < -0.39 is 6.61 Å². The second kappa shape index (κ2) is 11.5. The Morgan fingerprint density at radius 1 is 1.23 bits per heavy atom. The first-order valence-corrected chi connectivity index (χ1v) is 10.5. The molecule has 0 saturated heterocycles. The molecular weight excluding hydrogens is 404 g/mol. The molecule has 1 heterocycles. The van der Waals surface area contributed by atoms with E-state index in [1.807, 2.05) is 25.6 Å². The van der Waals surface area contributed by atoms with Gasteiger partial charge >= 0.3 is 6.61 Å². The molecule has 0 amide bonds. The average Bonchev–Trinajstić information content (AvgIpc) is 2.94. The smallest absolute Gasteiger partial charge is 0.387 e. The first-order chi connectivity index (χ1) is 14.7. The number of hydrogen-bond acceptors (Lipinski definition) is 4. The molecular formula is C22H33F2N5O2. The van der Waals surface area contributed by atoms with Crippen molar-refractivity contribution in [3.8, 4) is 11.5 Å². The van der Waals surface area contributed by atoms with Crippen LogP contribution in [0, 0.1) is 13.8 Å². The zero-order valence-electron chi connectivity index (χ0n) is 19.1. The number of ether oxygens (including phenoxy) is 2. The average molecular weight is 438 g/mol. The molecule has 2 N–H and O–H groups in total. The summed E-state index contributed by atoms with van der Waals surface area (Å²) in [6.07, 6.45) is 0.823. The highest BCUT2D eigenvalue weighted by Crippen LogP contribution is 2.30. The maximum Gasteiger partial charge on any atom is 0.387 e. The normalized spacial score (nSPS) is 12.7. The van der Waals surface area contributed by atoms with Crippen LogP contribution in [-0.4, -0.2) is 41.5 Å². The number of alkyl halides is 2. The summed E-state index contributed by atoms with van der Waals surface area (Å²) >= 11 is 0. The number of aromatic nitrogens is 2. The minimum Gasteiger partial charge on any atom is -0.490 e. The third kappa shape index (κ3) is 7.11. The number of guanidine groups is 1. The molecule has 1 atom stereocenters. The van der Waals surface area contributed by atoms with Gasteiger partial charge in [0.15, 0.2) is 17.5 Å². The predicted octanol–water partition coefficient (Wildman–Crippen LogP) is 3.72. The van der Waals surface area contributed by atoms with Crippen LogP contribution in [0.5, 0.6) is 11.5 Å². The summed E-state index contributed by atoms with van der Waals surface area (Å²) in [4.78, 5) is 4.64. The molecule has 0 aliphatic carbocycles. The van der Waals surface area contributed by atoms with Gasteiger partial charge < -0.3 is 20.1 Å². The fourth-order valence-electron chi connectivity index (χ4n) is 3.31. The molecule has 1 aromatic carbocycles. The van der Waals surface area contributed by atoms with Crippen LogP contribution < -0.4 is 20.1 Å². The van der Waals surface area contributed by atoms with Crippen molar-refractivity contribution in [1.29, 1.82) is 0 Å². The molecule has 0 radical (unpaired) electrons. The van der Waals surface area contributed by atoms with Crippen LogP contribution in [0.1, 0.15) is 43.3 Å². The van der Waals surface area contributed by atoms with E-state index in [1.165, 1.54) is 11.6 Å². The van der Waals surface area contributed by atoms with E-state index in [0.717, 1.165) is 29.9 Å². The van der Waals surface area contributed by atoms with Crippen LogP contribution in [-0.2, 0) is 20.0 Å². The molecule has 2 rings (SSSR count). The molecule has 31 heavy (non-hydrogen) atoms. The lowest BCUT2D eigenvalue weighted by Crippen LogP contribution is -2.43. The number of nitrogens with zero attached hydrogens (tertiary/aromatic N) is 3. The van der Waals surface area contributed by atoms with E-state index in [4.69, 9.17) is 4.74 Å². The quantitative estimate of drug-likeness (QED) is 0.438. The Labute approximate surface area is 182 Å². The number of aryl methyl sites for hydroxylation is 2. The van der Waals surface area contributed by atoms with E-state index in [1.54, 1.807) is 19.1 Å². The van der Waals surface area contributed by atoms with E-state index in [-0.39, 0.29) is 17.5 Å². The Morgan fingerprint density at radius 3 is 2.55 bits per heavy atom. The number of nitrogens with one attached hydrogen (secondary N) is 2. The monoisotopic (exact) mass is 437 g/mol. The third-order valence-electron chi connectivity index (χ3n) is 4.84. The lowest BCUT2D eigenvalue weighted by molar-refractivity contribution is -0.0514. The molecule has 2 aromatic rings. The Balaban J connectivity index is 2.10. The highest BCUT2D eigenvalue weighted by Gasteiger charge is 2.15. The van der Waals surface area contributed by atoms with Gasteiger partial charge in [0.25, 0.3) is 0 Å². The Kier molecular flexibility index (Phi) is 9.08. The fourth-order valence-corrected chi connectivity index (χ4v) is 3.31. The molecule has 0 bridgehead atoms. The third-order valence-corrected chi connectivity index (χ3v) is 4.84. The van der Waals surface area contributed by atoms with Crippen LogP contribution in [0.4, 0.5) is 8.78 Å². The molecule has 0 fully saturated rings. The Morgan fingerprint density at radius 2 is 1.97 bits per heavy atom. The van der Waals surface area contributed by atoms with Gasteiger partial charge in [0.1, 0.15) is 0 Å². The van der Waals surface area contributed by atoms with Gasteiger partial charge in [-0.15, -0.1) is 0 Å². The van der Waals surface area contributed by atoms with Crippen molar-refractivity contribution < 1.29 is 18.3 Å². The van der Waals surface area contributed by atoms with Gasteiger partial charge in [0.2, 0.25) is 0 Å². The van der Waals surface area contributed by atoms with Crippen molar-refractivity contribution in [2.75, 3.05) is 13.2 Å². The lowest BCUT2D eigenvalue weighted by atomic mass is 10.1. The minimum absolute atomic E-state index is 0.0189. The van der Waals surface area contributed by atoms with Gasteiger partial charge in [-0.25, -0.2) is 4.99 Å². The van der Waals surface area contributed by atoms with Crippen LogP contribution in [0.15, 0.2) is 23.2 Å². The van der Waals surface area contributed by atoms with Crippen molar-refractivity contribution in [2.45, 2.75) is 60.2 Å². The second-order valence-corrected chi connectivity index (χ2v) is 7.31. The maximum atomic E-state index is 12.6. The number of hydrogen-bond donors (Lipinski definition) is 2. The number of benzene rings is 1. The predicted molar refractivity (Wildman–Crippen MR) is 118 cm³/mol. The first kappa shape index (κ1) is 24.4. The van der Waals surface area contributed by atoms with Gasteiger partial charge in [-0.1, -0.05) is 6.07 Å². The van der Waals surface area contributed by atoms with Crippen LogP contribution >= 0.6 is 0 Å². The molecule has 1 aromatic heterocycles. The van der Waals surface area contributed by atoms with E-state index in [2.05, 4.69) is 39.3 Å². The lowest BCUT2D eigenvalue weighted by Gasteiger charge is -2.18. The van der Waals surface area contributed by atoms with Crippen molar-refractivity contribution in [3.05, 3.63) is 40.7 Å². The summed E-state index contributed by atoms with van der Waals surface area (Å²) in [7, 11) is 1.95. The van der Waals surface area contributed by atoms with Gasteiger partial charge in [-0.3, -0.25) is 4.68 Å². The number of aliphatic imine (C=N–C) groups is 1. The van der Waals surface area contributed by atoms with Gasteiger partial charge in [0, 0.05) is 25.3 Å². The molecule has 7 nitrogen and oxygen atoms in total. The summed E-state index contributed by atoms with van der Waals surface area (Å²) in [5.41, 5.74) is 4.25. The molecule has 0 spiro atoms. The second-order valence-electron chi connectivity index (χ2n) is 7.31. The number of halogens is 2. The van der Waals surface area contributed by atoms with Crippen LogP contribution in [0.3, 0.4) is 0 Å². The van der Waals surface area contributed by atoms with Crippen molar-refractivity contribution >= 4 is 5.96 Å². The summed E-state index contributed by atoms with van der Waals surface area (Å²) < 4.78 is 37.0. The van der Waals surface area contributed by atoms with E-state index >= 15 is 0 Å². The minimum atomic E-state index is -2.90.